The Morgan fingerprint density at radius 3 is 2.84 bits per heavy atom. The van der Waals surface area contributed by atoms with Gasteiger partial charge in [0.05, 0.1) is 23.9 Å². The van der Waals surface area contributed by atoms with Gasteiger partial charge >= 0.3 is 0 Å². The molecule has 2 aromatic rings. The van der Waals surface area contributed by atoms with Crippen LogP contribution in [0.4, 0.5) is 4.39 Å². The zero-order valence-electron chi connectivity index (χ0n) is 14.7. The molecule has 1 fully saturated rings. The molecule has 1 aromatic carbocycles. The molecule has 0 saturated carbocycles. The van der Waals surface area contributed by atoms with Crippen LogP contribution in [-0.2, 0) is 9.47 Å². The van der Waals surface area contributed by atoms with Gasteiger partial charge in [0, 0.05) is 43.7 Å². The smallest absolute Gasteiger partial charge is 0.256 e. The van der Waals surface area contributed by atoms with E-state index < -0.39 is 5.60 Å². The first kappa shape index (κ1) is 17.6. The third-order valence-electron chi connectivity index (χ3n) is 4.26. The van der Waals surface area contributed by atoms with Gasteiger partial charge in [-0.25, -0.2) is 4.39 Å². The molecular weight excluding hydrogens is 323 g/mol. The van der Waals surface area contributed by atoms with Gasteiger partial charge < -0.3 is 19.4 Å². The lowest BCUT2D eigenvalue weighted by Gasteiger charge is -2.42. The first-order valence-electron chi connectivity index (χ1n) is 8.29. The molecule has 1 amide bonds. The van der Waals surface area contributed by atoms with E-state index in [1.807, 2.05) is 13.8 Å². The van der Waals surface area contributed by atoms with Crippen LogP contribution in [0.25, 0.3) is 11.1 Å². The predicted molar refractivity (Wildman–Crippen MR) is 92.9 cm³/mol. The zero-order chi connectivity index (χ0) is 18.0. The molecule has 0 radical (unpaired) electrons. The van der Waals surface area contributed by atoms with Gasteiger partial charge in [-0.2, -0.15) is 0 Å². The summed E-state index contributed by atoms with van der Waals surface area (Å²) in [5.41, 5.74) is 0.966. The third-order valence-corrected chi connectivity index (χ3v) is 4.26. The minimum atomic E-state index is -0.467. The molecule has 5 nitrogen and oxygen atoms in total. The van der Waals surface area contributed by atoms with E-state index in [2.05, 4.69) is 4.98 Å². The number of nitrogens with one attached hydrogen (secondary N) is 1. The van der Waals surface area contributed by atoms with Crippen LogP contribution < -0.4 is 0 Å². The highest BCUT2D eigenvalue weighted by molar-refractivity contribution is 6.01. The number of methoxy groups -OCH3 is 1. The van der Waals surface area contributed by atoms with Crippen molar-refractivity contribution in [1.82, 2.24) is 9.88 Å². The number of carbonyl (C=O) groups excluding carboxylic acids is 1. The second kappa shape index (κ2) is 6.98. The Morgan fingerprint density at radius 1 is 1.36 bits per heavy atom. The fraction of sp³-hybridized carbons (Fsp3) is 0.421. The van der Waals surface area contributed by atoms with Gasteiger partial charge in [-0.3, -0.25) is 4.79 Å². The van der Waals surface area contributed by atoms with Crippen LogP contribution in [0.5, 0.6) is 0 Å². The van der Waals surface area contributed by atoms with Crippen LogP contribution in [0, 0.1) is 5.82 Å². The Kier molecular flexibility index (Phi) is 4.92. The van der Waals surface area contributed by atoms with Crippen molar-refractivity contribution in [1.29, 1.82) is 0 Å². The number of hydrogen-bond acceptors (Lipinski definition) is 3. The quantitative estimate of drug-likeness (QED) is 0.926. The van der Waals surface area contributed by atoms with Crippen LogP contribution in [-0.4, -0.2) is 54.3 Å². The van der Waals surface area contributed by atoms with Crippen molar-refractivity contribution in [3.05, 3.63) is 48.0 Å². The van der Waals surface area contributed by atoms with Gasteiger partial charge in [0.2, 0.25) is 0 Å². The largest absolute Gasteiger partial charge is 0.382 e. The molecule has 3 rings (SSSR count). The molecule has 0 spiro atoms. The molecule has 1 aromatic heterocycles. The first-order chi connectivity index (χ1) is 11.9. The molecule has 2 heterocycles. The number of aromatic amines is 1. The highest BCUT2D eigenvalue weighted by Crippen LogP contribution is 2.29. The summed E-state index contributed by atoms with van der Waals surface area (Å²) in [6, 6.07) is 6.45. The SMILES string of the molecule is COC[C@H]1CN(C(=O)c2c[nH]cc2-c2ccccc2F)CC(C)(C)O1. The van der Waals surface area contributed by atoms with Crippen molar-refractivity contribution in [2.24, 2.45) is 0 Å². The van der Waals surface area contributed by atoms with Gasteiger partial charge in [-0.1, -0.05) is 18.2 Å². The van der Waals surface area contributed by atoms with Gasteiger partial charge in [-0.15, -0.1) is 0 Å². The van der Waals surface area contributed by atoms with Crippen molar-refractivity contribution < 1.29 is 18.7 Å². The van der Waals surface area contributed by atoms with E-state index in [1.54, 1.807) is 42.6 Å². The van der Waals surface area contributed by atoms with Crippen molar-refractivity contribution in [2.45, 2.75) is 25.6 Å². The van der Waals surface area contributed by atoms with Crippen molar-refractivity contribution in [3.63, 3.8) is 0 Å². The number of rotatable bonds is 4. The Labute approximate surface area is 146 Å². The zero-order valence-corrected chi connectivity index (χ0v) is 14.7. The second-order valence-electron chi connectivity index (χ2n) is 6.90. The number of nitrogens with zero attached hydrogens (tertiary/aromatic N) is 1. The molecule has 1 aliphatic rings. The summed E-state index contributed by atoms with van der Waals surface area (Å²) in [4.78, 5) is 17.8. The maximum atomic E-state index is 14.1. The minimum Gasteiger partial charge on any atom is -0.382 e. The number of ether oxygens (including phenoxy) is 2. The normalized spacial score (nSPS) is 19.8. The number of aromatic nitrogens is 1. The van der Waals surface area contributed by atoms with E-state index in [4.69, 9.17) is 9.47 Å². The van der Waals surface area contributed by atoms with Crippen LogP contribution in [0.2, 0.25) is 0 Å². The molecule has 6 heteroatoms. The van der Waals surface area contributed by atoms with Crippen LogP contribution >= 0.6 is 0 Å². The summed E-state index contributed by atoms with van der Waals surface area (Å²) in [6.45, 7) is 5.22. The number of amides is 1. The highest BCUT2D eigenvalue weighted by Gasteiger charge is 2.36. The number of halogens is 1. The molecule has 25 heavy (non-hydrogen) atoms. The number of H-pyrrole nitrogens is 1. The van der Waals surface area contributed by atoms with E-state index in [9.17, 15) is 9.18 Å². The van der Waals surface area contributed by atoms with Crippen molar-refractivity contribution >= 4 is 5.91 Å². The summed E-state index contributed by atoms with van der Waals surface area (Å²) in [7, 11) is 1.61. The number of carbonyl (C=O) groups is 1. The molecule has 1 atom stereocenters. The van der Waals surface area contributed by atoms with E-state index >= 15 is 0 Å². The molecule has 1 aliphatic heterocycles. The molecule has 0 bridgehead atoms. The Hall–Kier alpha value is -2.18. The fourth-order valence-electron chi connectivity index (χ4n) is 3.34. The molecule has 0 unspecified atom stereocenters. The van der Waals surface area contributed by atoms with E-state index in [0.29, 0.717) is 36.4 Å². The standard InChI is InChI=1S/C19H23FN2O3/c1-19(2)12-22(10-13(25-19)11-24-3)18(23)16-9-21-8-15(16)14-6-4-5-7-17(14)20/h4-9,13,21H,10-12H2,1-3H3/t13-/m1/s1. The molecular formula is C19H23FN2O3. The van der Waals surface area contributed by atoms with Gasteiger partial charge in [-0.05, 0) is 19.9 Å². The van der Waals surface area contributed by atoms with Gasteiger partial charge in [0.15, 0.2) is 0 Å². The van der Waals surface area contributed by atoms with Crippen molar-refractivity contribution in [3.8, 4) is 11.1 Å². The minimum absolute atomic E-state index is 0.142. The monoisotopic (exact) mass is 346 g/mol. The molecule has 1 saturated heterocycles. The topological polar surface area (TPSA) is 54.6 Å². The number of morpholine rings is 1. The summed E-state index contributed by atoms with van der Waals surface area (Å²) in [5, 5.41) is 0. The van der Waals surface area contributed by atoms with Crippen LogP contribution in [0.3, 0.4) is 0 Å². The summed E-state index contributed by atoms with van der Waals surface area (Å²) < 4.78 is 25.3. The Balaban J connectivity index is 1.89. The Morgan fingerprint density at radius 2 is 2.12 bits per heavy atom. The van der Waals surface area contributed by atoms with Crippen LogP contribution in [0.1, 0.15) is 24.2 Å². The maximum absolute atomic E-state index is 14.1. The van der Waals surface area contributed by atoms with Gasteiger partial charge in [0.1, 0.15) is 5.82 Å². The van der Waals surface area contributed by atoms with Crippen LogP contribution in [0.15, 0.2) is 36.7 Å². The average molecular weight is 346 g/mol. The lowest BCUT2D eigenvalue weighted by molar-refractivity contribution is -0.143. The summed E-state index contributed by atoms with van der Waals surface area (Å²) in [5.74, 6) is -0.493. The molecule has 1 N–H and O–H groups in total. The van der Waals surface area contributed by atoms with E-state index in [-0.39, 0.29) is 17.8 Å². The number of hydrogen-bond donors (Lipinski definition) is 1. The molecule has 0 aliphatic carbocycles. The maximum Gasteiger partial charge on any atom is 0.256 e. The van der Waals surface area contributed by atoms with E-state index in [0.717, 1.165) is 0 Å². The van der Waals surface area contributed by atoms with Gasteiger partial charge in [0.25, 0.3) is 5.91 Å². The lowest BCUT2D eigenvalue weighted by Crippen LogP contribution is -2.55. The Bertz CT molecular complexity index is 757. The average Bonchev–Trinajstić information content (AvgIpc) is 3.02. The summed E-state index contributed by atoms with van der Waals surface area (Å²) in [6.07, 6.45) is 3.09. The fourth-order valence-corrected chi connectivity index (χ4v) is 3.34. The van der Waals surface area contributed by atoms with E-state index in [1.165, 1.54) is 6.07 Å². The lowest BCUT2D eigenvalue weighted by atomic mass is 10.0. The predicted octanol–water partition coefficient (Wildman–Crippen LogP) is 3.09. The first-order valence-corrected chi connectivity index (χ1v) is 8.29. The summed E-state index contributed by atoms with van der Waals surface area (Å²) >= 11 is 0. The highest BCUT2D eigenvalue weighted by atomic mass is 19.1. The third kappa shape index (κ3) is 3.75. The second-order valence-corrected chi connectivity index (χ2v) is 6.90. The number of benzene rings is 1. The molecule has 134 valence electrons. The van der Waals surface area contributed by atoms with Crippen molar-refractivity contribution in [2.75, 3.05) is 26.8 Å².